The average molecular weight is 358 g/mol. The van der Waals surface area contributed by atoms with Gasteiger partial charge < -0.3 is 14.8 Å². The molecule has 0 radical (unpaired) electrons. The van der Waals surface area contributed by atoms with Gasteiger partial charge in [0.15, 0.2) is 0 Å². The summed E-state index contributed by atoms with van der Waals surface area (Å²) in [6.07, 6.45) is 0.354. The second-order valence-corrected chi connectivity index (χ2v) is 7.17. The van der Waals surface area contributed by atoms with Gasteiger partial charge in [0.2, 0.25) is 5.91 Å². The van der Waals surface area contributed by atoms with Crippen LogP contribution in [0.4, 0.5) is 0 Å². The highest BCUT2D eigenvalue weighted by atomic mass is 32.1. The van der Waals surface area contributed by atoms with Gasteiger partial charge in [-0.3, -0.25) is 4.79 Å². The van der Waals surface area contributed by atoms with Crippen molar-refractivity contribution in [3.05, 3.63) is 58.9 Å². The molecule has 0 saturated heterocycles. The first-order chi connectivity index (χ1) is 11.8. The molecule has 1 unspecified atom stereocenters. The zero-order valence-corrected chi connectivity index (χ0v) is 16.5. The summed E-state index contributed by atoms with van der Waals surface area (Å²) in [5.74, 6) is 0.0303. The Labute approximate surface area is 155 Å². The summed E-state index contributed by atoms with van der Waals surface area (Å²) in [5, 5.41) is 2.99. The van der Waals surface area contributed by atoms with Crippen LogP contribution in [-0.4, -0.2) is 46.9 Å². The summed E-state index contributed by atoms with van der Waals surface area (Å²) in [7, 11) is 5.97. The lowest BCUT2D eigenvalue weighted by Crippen LogP contribution is -2.38. The monoisotopic (exact) mass is 357 g/mol. The molecule has 1 aromatic heterocycles. The van der Waals surface area contributed by atoms with Gasteiger partial charge in [-0.05, 0) is 45.6 Å². The molecule has 0 bridgehead atoms. The van der Waals surface area contributed by atoms with E-state index in [1.54, 1.807) is 0 Å². The van der Waals surface area contributed by atoms with Crippen molar-refractivity contribution in [3.63, 3.8) is 0 Å². The van der Waals surface area contributed by atoms with E-state index in [4.69, 9.17) is 12.2 Å². The first-order valence-corrected chi connectivity index (χ1v) is 8.89. The van der Waals surface area contributed by atoms with E-state index in [9.17, 15) is 4.79 Å². The first-order valence-electron chi connectivity index (χ1n) is 8.48. The van der Waals surface area contributed by atoms with Crippen LogP contribution in [0.15, 0.2) is 36.4 Å². The first kappa shape index (κ1) is 19.3. The topological polar surface area (TPSA) is 37.3 Å². The van der Waals surface area contributed by atoms with Gasteiger partial charge in [-0.2, -0.15) is 0 Å². The number of hydrogen-bond acceptors (Lipinski definition) is 3. The molecule has 0 aliphatic heterocycles. The van der Waals surface area contributed by atoms with Crippen LogP contribution in [0.1, 0.15) is 29.4 Å². The van der Waals surface area contributed by atoms with Gasteiger partial charge in [-0.25, -0.2) is 0 Å². The predicted octanol–water partition coefficient (Wildman–Crippen LogP) is 2.71. The third kappa shape index (κ3) is 5.00. The van der Waals surface area contributed by atoms with Crippen molar-refractivity contribution in [1.82, 2.24) is 14.8 Å². The Balaban J connectivity index is 2.04. The van der Waals surface area contributed by atoms with Crippen LogP contribution in [-0.2, 0) is 18.3 Å². The summed E-state index contributed by atoms with van der Waals surface area (Å²) in [5.41, 5.74) is 4.16. The van der Waals surface area contributed by atoms with Crippen LogP contribution in [0.2, 0.25) is 0 Å². The second kappa shape index (κ2) is 8.41. The van der Waals surface area contributed by atoms with E-state index >= 15 is 0 Å². The number of nitrogens with one attached hydrogen (secondary N) is 1. The normalized spacial score (nSPS) is 12.2. The fourth-order valence-electron chi connectivity index (χ4n) is 2.48. The molecule has 25 heavy (non-hydrogen) atoms. The zero-order chi connectivity index (χ0) is 18.6. The minimum atomic E-state index is 0.0303. The Morgan fingerprint density at radius 1 is 1.20 bits per heavy atom. The van der Waals surface area contributed by atoms with Gasteiger partial charge in [-0.15, -0.1) is 0 Å². The number of likely N-dealkylation sites (N-methyl/N-ethyl adjacent to an activating group) is 1. The van der Waals surface area contributed by atoms with E-state index in [-0.39, 0.29) is 5.91 Å². The Hall–Kier alpha value is -1.98. The summed E-state index contributed by atoms with van der Waals surface area (Å²) >= 11 is 5.63. The largest absolute Gasteiger partial charge is 0.354 e. The Morgan fingerprint density at radius 3 is 2.44 bits per heavy atom. The van der Waals surface area contributed by atoms with Gasteiger partial charge in [0.05, 0.1) is 17.0 Å². The smallest absolute Gasteiger partial charge is 0.225 e. The maximum absolute atomic E-state index is 12.2. The van der Waals surface area contributed by atoms with Gasteiger partial charge in [0.25, 0.3) is 0 Å². The lowest BCUT2D eigenvalue weighted by Gasteiger charge is -2.20. The van der Waals surface area contributed by atoms with Gasteiger partial charge in [0.1, 0.15) is 0 Å². The van der Waals surface area contributed by atoms with Crippen LogP contribution in [0.3, 0.4) is 0 Å². The Morgan fingerprint density at radius 2 is 1.84 bits per heavy atom. The number of hydrogen-bond donors (Lipinski definition) is 1. The van der Waals surface area contributed by atoms with Crippen molar-refractivity contribution < 1.29 is 4.79 Å². The van der Waals surface area contributed by atoms with Crippen molar-refractivity contribution in [1.29, 1.82) is 0 Å². The van der Waals surface area contributed by atoms with Crippen molar-refractivity contribution >= 4 is 23.0 Å². The lowest BCUT2D eigenvalue weighted by molar-refractivity contribution is -0.120. The number of thiocarbonyl (C=S) groups is 1. The number of carbonyl (C=O) groups is 1. The van der Waals surface area contributed by atoms with Crippen molar-refractivity contribution in [2.45, 2.75) is 26.3 Å². The Bertz CT molecular complexity index is 747. The fraction of sp³-hybridized carbons (Fsp3) is 0.400. The van der Waals surface area contributed by atoms with Gasteiger partial charge in [-0.1, -0.05) is 42.0 Å². The van der Waals surface area contributed by atoms with E-state index < -0.39 is 0 Å². The third-order valence-electron chi connectivity index (χ3n) is 4.59. The molecule has 0 aliphatic rings. The van der Waals surface area contributed by atoms with E-state index in [0.717, 1.165) is 21.8 Å². The molecule has 0 spiro atoms. The fourth-order valence-corrected chi connectivity index (χ4v) is 2.82. The molecule has 0 aliphatic carbocycles. The predicted molar refractivity (Wildman–Crippen MR) is 107 cm³/mol. The van der Waals surface area contributed by atoms with E-state index in [2.05, 4.69) is 36.2 Å². The summed E-state index contributed by atoms with van der Waals surface area (Å²) < 4.78 is 2.01. The van der Waals surface area contributed by atoms with E-state index in [1.807, 2.05) is 50.0 Å². The van der Waals surface area contributed by atoms with E-state index in [1.165, 1.54) is 5.56 Å². The molecule has 1 atom stereocenters. The maximum Gasteiger partial charge on any atom is 0.225 e. The Kier molecular flexibility index (Phi) is 6.51. The molecule has 2 rings (SSSR count). The molecular weight excluding hydrogens is 330 g/mol. The number of benzene rings is 1. The highest BCUT2D eigenvalue weighted by Crippen LogP contribution is 2.15. The lowest BCUT2D eigenvalue weighted by atomic mass is 10.1. The molecular formula is C20H27N3OS. The second-order valence-electron chi connectivity index (χ2n) is 6.76. The van der Waals surface area contributed by atoms with Crippen molar-refractivity contribution in [2.75, 3.05) is 20.6 Å². The molecule has 134 valence electrons. The van der Waals surface area contributed by atoms with Gasteiger partial charge in [0, 0.05) is 25.3 Å². The molecule has 4 nitrogen and oxygen atoms in total. The number of nitrogens with zero attached hydrogens (tertiary/aromatic N) is 2. The standard InChI is InChI=1S/C20H27N3OS/c1-14-6-8-16(9-7-14)20(25)18-11-10-17(23(18)5)12-19(24)21-13-15(2)22(3)4/h6-11,15H,12-13H2,1-5H3,(H,21,24). The van der Waals surface area contributed by atoms with Crippen LogP contribution < -0.4 is 5.32 Å². The highest BCUT2D eigenvalue weighted by Gasteiger charge is 2.14. The molecule has 5 heteroatoms. The molecule has 1 heterocycles. The molecule has 0 fully saturated rings. The SMILES string of the molecule is Cc1ccc(C(=S)c2ccc(CC(=O)NCC(C)N(C)C)n2C)cc1. The van der Waals surface area contributed by atoms with E-state index in [0.29, 0.717) is 19.0 Å². The average Bonchev–Trinajstić information content (AvgIpc) is 2.93. The quantitative estimate of drug-likeness (QED) is 0.611. The molecule has 1 amide bonds. The number of amides is 1. The molecule has 1 aromatic carbocycles. The molecule has 1 N–H and O–H groups in total. The van der Waals surface area contributed by atoms with Crippen LogP contribution in [0.5, 0.6) is 0 Å². The number of carbonyl (C=O) groups excluding carboxylic acids is 1. The number of rotatable bonds is 7. The van der Waals surface area contributed by atoms with Crippen LogP contribution in [0.25, 0.3) is 0 Å². The number of aromatic nitrogens is 1. The summed E-state index contributed by atoms with van der Waals surface area (Å²) in [6, 6.07) is 12.5. The minimum absolute atomic E-state index is 0.0303. The summed E-state index contributed by atoms with van der Waals surface area (Å²) in [4.78, 5) is 15.1. The summed E-state index contributed by atoms with van der Waals surface area (Å²) in [6.45, 7) is 4.79. The molecule has 0 saturated carbocycles. The third-order valence-corrected chi connectivity index (χ3v) is 5.03. The van der Waals surface area contributed by atoms with Crippen molar-refractivity contribution in [2.24, 2.45) is 7.05 Å². The van der Waals surface area contributed by atoms with Gasteiger partial charge >= 0.3 is 0 Å². The van der Waals surface area contributed by atoms with Crippen LogP contribution >= 0.6 is 12.2 Å². The minimum Gasteiger partial charge on any atom is -0.354 e. The van der Waals surface area contributed by atoms with Crippen LogP contribution in [0, 0.1) is 6.92 Å². The molecule has 2 aromatic rings. The van der Waals surface area contributed by atoms with Crippen molar-refractivity contribution in [3.8, 4) is 0 Å². The highest BCUT2D eigenvalue weighted by molar-refractivity contribution is 7.81. The number of aryl methyl sites for hydroxylation is 1. The maximum atomic E-state index is 12.2. The zero-order valence-electron chi connectivity index (χ0n) is 15.7.